The molecule has 0 saturated heterocycles. The van der Waals surface area contributed by atoms with Crippen molar-refractivity contribution in [3.8, 4) is 17.7 Å². The highest BCUT2D eigenvalue weighted by Gasteiger charge is 2.28. The first-order valence-corrected chi connectivity index (χ1v) is 8.96. The van der Waals surface area contributed by atoms with Gasteiger partial charge < -0.3 is 9.84 Å². The molecule has 0 aliphatic rings. The minimum Gasteiger partial charge on any atom is -0.494 e. The summed E-state index contributed by atoms with van der Waals surface area (Å²) in [6.45, 7) is 10.1. The fourth-order valence-corrected chi connectivity index (χ4v) is 3.09. The number of nitriles is 1. The number of ether oxygens (including phenoxy) is 1. The monoisotopic (exact) mass is 400 g/mol. The van der Waals surface area contributed by atoms with Crippen LogP contribution >= 0.6 is 11.6 Å². The van der Waals surface area contributed by atoms with E-state index < -0.39 is 23.3 Å². The van der Waals surface area contributed by atoms with E-state index in [4.69, 9.17) is 16.3 Å². The first kappa shape index (κ1) is 21.3. The Kier molecular flexibility index (Phi) is 6.32. The summed E-state index contributed by atoms with van der Waals surface area (Å²) in [5.41, 5.74) is 0.741. The Bertz CT molecular complexity index is 1040. The van der Waals surface area contributed by atoms with E-state index >= 15 is 0 Å². The molecule has 1 aromatic carbocycles. The summed E-state index contributed by atoms with van der Waals surface area (Å²) in [4.78, 5) is 25.4. The number of pyridine rings is 1. The van der Waals surface area contributed by atoms with E-state index in [0.29, 0.717) is 10.8 Å². The van der Waals surface area contributed by atoms with E-state index in [0.717, 1.165) is 15.7 Å². The van der Waals surface area contributed by atoms with Crippen LogP contribution in [0.4, 0.5) is 0 Å². The average Bonchev–Trinajstić information content (AvgIpc) is 2.63. The largest absolute Gasteiger partial charge is 0.494 e. The molecule has 1 atom stereocenters. The van der Waals surface area contributed by atoms with Gasteiger partial charge in [0.05, 0.1) is 5.56 Å². The molecule has 0 amide bonds. The third-order valence-electron chi connectivity index (χ3n) is 4.45. The fourth-order valence-electron chi connectivity index (χ4n) is 2.98. The van der Waals surface area contributed by atoms with Gasteiger partial charge in [-0.2, -0.15) is 5.26 Å². The van der Waals surface area contributed by atoms with Crippen molar-refractivity contribution in [2.45, 2.75) is 40.3 Å². The first-order valence-electron chi connectivity index (χ1n) is 8.58. The summed E-state index contributed by atoms with van der Waals surface area (Å²) < 4.78 is 6.69. The lowest BCUT2D eigenvalue weighted by Gasteiger charge is -2.19. The molecule has 1 aromatic heterocycles. The van der Waals surface area contributed by atoms with E-state index in [2.05, 4.69) is 6.58 Å². The van der Waals surface area contributed by atoms with Crippen LogP contribution in [0.25, 0.3) is 0 Å². The van der Waals surface area contributed by atoms with E-state index in [9.17, 15) is 20.0 Å². The molecule has 0 bridgehead atoms. The van der Waals surface area contributed by atoms with Crippen molar-refractivity contribution in [3.05, 3.63) is 68.0 Å². The van der Waals surface area contributed by atoms with Crippen molar-refractivity contribution in [1.82, 2.24) is 4.57 Å². The second-order valence-corrected chi connectivity index (χ2v) is 6.89. The Morgan fingerprint density at radius 1 is 1.39 bits per heavy atom. The number of hydrogen-bond acceptors (Lipinski definition) is 5. The van der Waals surface area contributed by atoms with Crippen LogP contribution in [0, 0.1) is 32.1 Å². The highest BCUT2D eigenvalue weighted by atomic mass is 35.5. The number of aromatic nitrogens is 1. The maximum Gasteiger partial charge on any atom is 0.271 e. The SMILES string of the molecule is C=CCn1c(O)c(C(=O)C(C)Oc2cc(C)c(Cl)c(C)c2)c(C)c(C#N)c1=O. The number of Topliss-reactive ketones (excluding diaryl/α,β-unsaturated/α-hetero) is 1. The average molecular weight is 401 g/mol. The van der Waals surface area contributed by atoms with Gasteiger partial charge in [-0.1, -0.05) is 17.7 Å². The molecule has 1 N–H and O–H groups in total. The lowest BCUT2D eigenvalue weighted by Crippen LogP contribution is -2.30. The molecule has 28 heavy (non-hydrogen) atoms. The van der Waals surface area contributed by atoms with Crippen LogP contribution in [-0.2, 0) is 6.54 Å². The van der Waals surface area contributed by atoms with Crippen molar-refractivity contribution in [2.75, 3.05) is 0 Å². The Morgan fingerprint density at radius 2 is 1.96 bits per heavy atom. The quantitative estimate of drug-likeness (QED) is 0.587. The van der Waals surface area contributed by atoms with Gasteiger partial charge in [0.2, 0.25) is 11.7 Å². The molecule has 0 aliphatic heterocycles. The van der Waals surface area contributed by atoms with Gasteiger partial charge in [0.25, 0.3) is 5.56 Å². The molecule has 7 heteroatoms. The number of benzene rings is 1. The predicted molar refractivity (Wildman–Crippen MR) is 107 cm³/mol. The molecule has 2 rings (SSSR count). The number of halogens is 1. The normalized spacial score (nSPS) is 11.6. The number of aryl methyl sites for hydroxylation is 2. The fraction of sp³-hybridized carbons (Fsp3) is 0.286. The van der Waals surface area contributed by atoms with E-state index in [-0.39, 0.29) is 23.2 Å². The topological polar surface area (TPSA) is 92.3 Å². The third-order valence-corrected chi connectivity index (χ3v) is 5.05. The maximum atomic E-state index is 13.0. The predicted octanol–water partition coefficient (Wildman–Crippen LogP) is 3.84. The molecule has 6 nitrogen and oxygen atoms in total. The van der Waals surface area contributed by atoms with Gasteiger partial charge in [0, 0.05) is 11.6 Å². The molecule has 0 radical (unpaired) electrons. The standard InChI is InChI=1S/C21H21ClN2O4/c1-6-7-24-20(26)16(10-23)13(4)17(21(24)27)19(25)14(5)28-15-8-11(2)18(22)12(3)9-15/h6,8-9,14,27H,1,7H2,2-5H3. The van der Waals surface area contributed by atoms with E-state index in [1.54, 1.807) is 12.1 Å². The Morgan fingerprint density at radius 3 is 2.46 bits per heavy atom. The Balaban J connectivity index is 2.51. The zero-order valence-electron chi connectivity index (χ0n) is 16.2. The molecular formula is C21H21ClN2O4. The number of carbonyl (C=O) groups excluding carboxylic acids is 1. The second-order valence-electron chi connectivity index (χ2n) is 6.51. The highest BCUT2D eigenvalue weighted by molar-refractivity contribution is 6.32. The second kappa shape index (κ2) is 8.32. The van der Waals surface area contributed by atoms with Gasteiger partial charge in [-0.3, -0.25) is 14.2 Å². The molecule has 0 fully saturated rings. The van der Waals surface area contributed by atoms with Crippen molar-refractivity contribution in [3.63, 3.8) is 0 Å². The van der Waals surface area contributed by atoms with Crippen LogP contribution in [-0.4, -0.2) is 21.6 Å². The highest BCUT2D eigenvalue weighted by Crippen LogP contribution is 2.28. The molecular weight excluding hydrogens is 380 g/mol. The van der Waals surface area contributed by atoms with Gasteiger partial charge in [0.15, 0.2) is 6.10 Å². The number of carbonyl (C=O) groups is 1. The van der Waals surface area contributed by atoms with E-state index in [1.807, 2.05) is 19.9 Å². The van der Waals surface area contributed by atoms with Crippen LogP contribution in [0.3, 0.4) is 0 Å². The zero-order chi connectivity index (χ0) is 21.2. The number of ketones is 1. The Labute approximate surface area is 168 Å². The molecule has 0 spiro atoms. The molecule has 146 valence electrons. The summed E-state index contributed by atoms with van der Waals surface area (Å²) in [7, 11) is 0. The maximum absolute atomic E-state index is 13.0. The van der Waals surface area contributed by atoms with Crippen LogP contribution in [0.5, 0.6) is 11.6 Å². The number of aromatic hydroxyl groups is 1. The van der Waals surface area contributed by atoms with Gasteiger partial charge in [0.1, 0.15) is 17.4 Å². The van der Waals surface area contributed by atoms with Crippen molar-refractivity contribution in [2.24, 2.45) is 0 Å². The summed E-state index contributed by atoms with van der Waals surface area (Å²) in [6.07, 6.45) is 0.427. The summed E-state index contributed by atoms with van der Waals surface area (Å²) >= 11 is 6.15. The first-order chi connectivity index (χ1) is 13.1. The number of rotatable bonds is 6. The summed E-state index contributed by atoms with van der Waals surface area (Å²) in [6, 6.07) is 5.24. The summed E-state index contributed by atoms with van der Waals surface area (Å²) in [5.74, 6) is -0.600. The molecule has 0 saturated carbocycles. The lowest BCUT2D eigenvalue weighted by atomic mass is 9.99. The number of hydrogen-bond donors (Lipinski definition) is 1. The molecule has 0 aliphatic carbocycles. The molecule has 1 heterocycles. The van der Waals surface area contributed by atoms with Gasteiger partial charge in [-0.25, -0.2) is 0 Å². The van der Waals surface area contributed by atoms with Crippen LogP contribution < -0.4 is 10.3 Å². The minimum absolute atomic E-state index is 0.0370. The van der Waals surface area contributed by atoms with Gasteiger partial charge in [-0.05, 0) is 56.5 Å². The van der Waals surface area contributed by atoms with Gasteiger partial charge in [-0.15, -0.1) is 6.58 Å². The number of nitrogens with zero attached hydrogens (tertiary/aromatic N) is 2. The minimum atomic E-state index is -0.967. The van der Waals surface area contributed by atoms with Crippen molar-refractivity contribution < 1.29 is 14.6 Å². The smallest absolute Gasteiger partial charge is 0.271 e. The number of allylic oxidation sites excluding steroid dienone is 1. The Hall–Kier alpha value is -3.04. The van der Waals surface area contributed by atoms with Crippen molar-refractivity contribution >= 4 is 17.4 Å². The third kappa shape index (κ3) is 3.80. The van der Waals surface area contributed by atoms with Crippen LogP contribution in [0.2, 0.25) is 5.02 Å². The van der Waals surface area contributed by atoms with Crippen LogP contribution in [0.1, 0.15) is 39.5 Å². The van der Waals surface area contributed by atoms with E-state index in [1.165, 1.54) is 19.9 Å². The molecule has 2 aromatic rings. The molecule has 1 unspecified atom stereocenters. The lowest BCUT2D eigenvalue weighted by molar-refractivity contribution is 0.0812. The zero-order valence-corrected chi connectivity index (χ0v) is 16.9. The van der Waals surface area contributed by atoms with Crippen LogP contribution in [0.15, 0.2) is 29.6 Å². The van der Waals surface area contributed by atoms with Crippen molar-refractivity contribution in [1.29, 1.82) is 5.26 Å². The summed E-state index contributed by atoms with van der Waals surface area (Å²) in [5, 5.41) is 20.5. The van der Waals surface area contributed by atoms with Gasteiger partial charge >= 0.3 is 0 Å².